The van der Waals surface area contributed by atoms with E-state index in [1.54, 1.807) is 0 Å². The summed E-state index contributed by atoms with van der Waals surface area (Å²) in [6, 6.07) is 0. The number of unbranched alkanes of at least 4 members (excludes halogenated alkanes) is 34. The van der Waals surface area contributed by atoms with E-state index in [2.05, 4.69) is 69.4 Å². The Morgan fingerprint density at radius 1 is 0.313 bits per heavy atom. The third-order valence-electron chi connectivity index (χ3n) is 12.8. The van der Waals surface area contributed by atoms with Crippen molar-refractivity contribution in [2.45, 2.75) is 309 Å². The van der Waals surface area contributed by atoms with Crippen LogP contribution in [0.5, 0.6) is 0 Å². The van der Waals surface area contributed by atoms with E-state index in [-0.39, 0.29) is 31.1 Å². The van der Waals surface area contributed by atoms with Gasteiger partial charge in [-0.15, -0.1) is 0 Å². The first-order valence-corrected chi connectivity index (χ1v) is 29.1. The molecule has 0 N–H and O–H groups in total. The lowest BCUT2D eigenvalue weighted by atomic mass is 10.0. The molecule has 0 aromatic carbocycles. The van der Waals surface area contributed by atoms with Crippen LogP contribution in [0.15, 0.2) is 48.6 Å². The van der Waals surface area contributed by atoms with Crippen molar-refractivity contribution in [1.82, 2.24) is 0 Å². The average molecular weight is 940 g/mol. The second-order valence-corrected chi connectivity index (χ2v) is 19.5. The molecular formula is C61H110O6. The molecule has 0 saturated heterocycles. The molecule has 0 aromatic heterocycles. The number of esters is 3. The molecule has 390 valence electrons. The second kappa shape index (κ2) is 56.0. The minimum Gasteiger partial charge on any atom is -0.462 e. The summed E-state index contributed by atoms with van der Waals surface area (Å²) in [7, 11) is 0. The summed E-state index contributed by atoms with van der Waals surface area (Å²) in [4.78, 5) is 38.1. The molecular weight excluding hydrogens is 829 g/mol. The van der Waals surface area contributed by atoms with E-state index >= 15 is 0 Å². The first-order valence-electron chi connectivity index (χ1n) is 29.1. The smallest absolute Gasteiger partial charge is 0.306 e. The highest BCUT2D eigenvalue weighted by atomic mass is 16.6. The average Bonchev–Trinajstić information content (AvgIpc) is 3.33. The monoisotopic (exact) mass is 939 g/mol. The van der Waals surface area contributed by atoms with Crippen LogP contribution in [-0.4, -0.2) is 37.2 Å². The van der Waals surface area contributed by atoms with Gasteiger partial charge >= 0.3 is 17.9 Å². The van der Waals surface area contributed by atoms with Crippen LogP contribution in [0.3, 0.4) is 0 Å². The van der Waals surface area contributed by atoms with Gasteiger partial charge in [0.1, 0.15) is 13.2 Å². The van der Waals surface area contributed by atoms with Crippen molar-refractivity contribution < 1.29 is 28.6 Å². The molecule has 67 heavy (non-hydrogen) atoms. The highest BCUT2D eigenvalue weighted by molar-refractivity contribution is 5.71. The molecule has 0 aromatic rings. The minimum absolute atomic E-state index is 0.0776. The maximum atomic E-state index is 12.9. The third kappa shape index (κ3) is 54.2. The Labute approximate surface area is 416 Å². The van der Waals surface area contributed by atoms with Gasteiger partial charge in [-0.25, -0.2) is 0 Å². The maximum absolute atomic E-state index is 12.9. The minimum atomic E-state index is -0.779. The highest BCUT2D eigenvalue weighted by Crippen LogP contribution is 2.16. The Kier molecular flexibility index (Phi) is 53.8. The van der Waals surface area contributed by atoms with Crippen LogP contribution in [0.2, 0.25) is 0 Å². The molecule has 0 rings (SSSR count). The molecule has 0 aliphatic heterocycles. The number of hydrogen-bond donors (Lipinski definition) is 0. The van der Waals surface area contributed by atoms with E-state index in [1.807, 2.05) is 0 Å². The molecule has 0 aliphatic rings. The Morgan fingerprint density at radius 2 is 0.582 bits per heavy atom. The lowest BCUT2D eigenvalue weighted by molar-refractivity contribution is -0.167. The Hall–Kier alpha value is -2.63. The molecule has 6 nitrogen and oxygen atoms in total. The molecule has 0 fully saturated rings. The predicted molar refractivity (Wildman–Crippen MR) is 289 cm³/mol. The molecule has 0 amide bonds. The van der Waals surface area contributed by atoms with Crippen molar-refractivity contribution in [3.05, 3.63) is 48.6 Å². The van der Waals surface area contributed by atoms with E-state index in [4.69, 9.17) is 14.2 Å². The molecule has 6 heteroatoms. The quantitative estimate of drug-likeness (QED) is 0.0262. The number of carbonyl (C=O) groups excluding carboxylic acids is 3. The van der Waals surface area contributed by atoms with Gasteiger partial charge in [-0.2, -0.15) is 0 Å². The van der Waals surface area contributed by atoms with Gasteiger partial charge in [-0.1, -0.05) is 256 Å². The Bertz CT molecular complexity index is 1170. The number of ether oxygens (including phenoxy) is 3. The van der Waals surface area contributed by atoms with E-state index in [9.17, 15) is 14.4 Å². The summed E-state index contributed by atoms with van der Waals surface area (Å²) >= 11 is 0. The number of hydrogen-bond acceptors (Lipinski definition) is 6. The Balaban J connectivity index is 4.34. The van der Waals surface area contributed by atoms with Gasteiger partial charge in [0, 0.05) is 19.3 Å². The molecule has 1 atom stereocenters. The van der Waals surface area contributed by atoms with Crippen LogP contribution in [0.25, 0.3) is 0 Å². The van der Waals surface area contributed by atoms with Crippen molar-refractivity contribution in [3.63, 3.8) is 0 Å². The normalized spacial score (nSPS) is 12.3. The van der Waals surface area contributed by atoms with E-state index in [0.717, 1.165) is 89.9 Å². The SMILES string of the molecule is CC/C=C\C/C=C\C/C=C\CCCCCCCCCCCC(=O)OCC(COC(=O)CCCCC/C=C\CCCCCCCC)OC(=O)CCCCCCCCCCCCCCCCCCC. The van der Waals surface area contributed by atoms with E-state index in [1.165, 1.54) is 173 Å². The first kappa shape index (κ1) is 64.4. The lowest BCUT2D eigenvalue weighted by Gasteiger charge is -2.18. The van der Waals surface area contributed by atoms with Crippen LogP contribution >= 0.6 is 0 Å². The number of allylic oxidation sites excluding steroid dienone is 8. The van der Waals surface area contributed by atoms with Gasteiger partial charge < -0.3 is 14.2 Å². The van der Waals surface area contributed by atoms with Gasteiger partial charge in [0.2, 0.25) is 0 Å². The van der Waals surface area contributed by atoms with Gasteiger partial charge in [-0.3, -0.25) is 14.4 Å². The molecule has 0 bridgehead atoms. The molecule has 0 radical (unpaired) electrons. The fourth-order valence-electron chi connectivity index (χ4n) is 8.45. The van der Waals surface area contributed by atoms with Crippen LogP contribution in [0.4, 0.5) is 0 Å². The van der Waals surface area contributed by atoms with Crippen LogP contribution in [0.1, 0.15) is 303 Å². The lowest BCUT2D eigenvalue weighted by Crippen LogP contribution is -2.30. The summed E-state index contributed by atoms with van der Waals surface area (Å²) in [5.41, 5.74) is 0. The third-order valence-corrected chi connectivity index (χ3v) is 12.8. The van der Waals surface area contributed by atoms with Gasteiger partial charge in [-0.05, 0) is 77.0 Å². The predicted octanol–water partition coefficient (Wildman–Crippen LogP) is 19.4. The molecule has 0 heterocycles. The van der Waals surface area contributed by atoms with Crippen LogP contribution in [-0.2, 0) is 28.6 Å². The summed E-state index contributed by atoms with van der Waals surface area (Å²) in [5, 5.41) is 0. The molecule has 1 unspecified atom stereocenters. The molecule has 0 aliphatic carbocycles. The zero-order valence-electron chi connectivity index (χ0n) is 44.7. The van der Waals surface area contributed by atoms with Crippen LogP contribution in [0, 0.1) is 0 Å². The molecule has 0 spiro atoms. The fourth-order valence-corrected chi connectivity index (χ4v) is 8.45. The number of carbonyl (C=O) groups is 3. The van der Waals surface area contributed by atoms with Crippen molar-refractivity contribution >= 4 is 17.9 Å². The summed E-state index contributed by atoms with van der Waals surface area (Å²) in [6.45, 7) is 6.54. The highest BCUT2D eigenvalue weighted by Gasteiger charge is 2.19. The number of rotatable bonds is 53. The van der Waals surface area contributed by atoms with Crippen molar-refractivity contribution in [2.75, 3.05) is 13.2 Å². The summed E-state index contributed by atoms with van der Waals surface area (Å²) < 4.78 is 16.9. The first-order chi connectivity index (χ1) is 33.0. The van der Waals surface area contributed by atoms with Crippen molar-refractivity contribution in [1.29, 1.82) is 0 Å². The van der Waals surface area contributed by atoms with E-state index < -0.39 is 6.10 Å². The zero-order valence-corrected chi connectivity index (χ0v) is 44.7. The van der Waals surface area contributed by atoms with Gasteiger partial charge in [0.05, 0.1) is 0 Å². The van der Waals surface area contributed by atoms with E-state index in [0.29, 0.717) is 19.3 Å². The van der Waals surface area contributed by atoms with Gasteiger partial charge in [0.25, 0.3) is 0 Å². The van der Waals surface area contributed by atoms with Crippen molar-refractivity contribution in [3.8, 4) is 0 Å². The second-order valence-electron chi connectivity index (χ2n) is 19.5. The van der Waals surface area contributed by atoms with Crippen LogP contribution < -0.4 is 0 Å². The largest absolute Gasteiger partial charge is 0.462 e. The molecule has 0 saturated carbocycles. The Morgan fingerprint density at radius 3 is 0.940 bits per heavy atom. The standard InChI is InChI=1S/C61H110O6/c1-4-7-10-13-16-19-22-25-27-29-30-32-33-36-39-42-45-48-51-54-60(63)66-57-58(56-65-59(62)53-50-47-44-41-38-35-24-21-18-15-12-9-6-3)67-61(64)55-52-49-46-43-40-37-34-31-28-26-23-20-17-14-11-8-5-2/h7,10,16,19,25,27,35,38,58H,4-6,8-9,11-15,17-18,20-24,26,28-34,36-37,39-57H2,1-3H3/b10-7-,19-16-,27-25-,38-35-. The van der Waals surface area contributed by atoms with Crippen molar-refractivity contribution in [2.24, 2.45) is 0 Å². The summed E-state index contributed by atoms with van der Waals surface area (Å²) in [6.07, 6.45) is 68.2. The van der Waals surface area contributed by atoms with Gasteiger partial charge in [0.15, 0.2) is 6.10 Å². The maximum Gasteiger partial charge on any atom is 0.306 e. The summed E-state index contributed by atoms with van der Waals surface area (Å²) in [5.74, 6) is -0.883. The fraction of sp³-hybridized carbons (Fsp3) is 0.820. The zero-order chi connectivity index (χ0) is 48.6. The topological polar surface area (TPSA) is 78.9 Å².